The van der Waals surface area contributed by atoms with E-state index in [1.165, 1.54) is 6.92 Å². The number of rotatable bonds is 4. The molecule has 1 N–H and O–H groups in total. The first kappa shape index (κ1) is 14.4. The lowest BCUT2D eigenvalue weighted by Gasteiger charge is -2.01. The largest absolute Gasteiger partial charge is 0.356 e. The van der Waals surface area contributed by atoms with E-state index in [-0.39, 0.29) is 5.91 Å². The average Bonchev–Trinajstić information content (AvgIpc) is 2.25. The fraction of sp³-hybridized carbons (Fsp3) is 0.250. The monoisotopic (exact) mass is 291 g/mol. The summed E-state index contributed by atoms with van der Waals surface area (Å²) < 4.78 is 0. The molecule has 0 aromatic heterocycles. The van der Waals surface area contributed by atoms with Gasteiger partial charge in [0.1, 0.15) is 0 Å². The molecule has 0 unspecified atom stereocenters. The molecule has 0 aliphatic heterocycles. The summed E-state index contributed by atoms with van der Waals surface area (Å²) in [4.78, 5) is 10.6. The topological polar surface area (TPSA) is 29.1 Å². The Hall–Kier alpha value is -0.700. The average molecular weight is 293 g/mol. The van der Waals surface area contributed by atoms with Crippen LogP contribution in [0.3, 0.4) is 0 Å². The fourth-order valence-corrected chi connectivity index (χ4v) is 1.84. The van der Waals surface area contributed by atoms with Gasteiger partial charge in [0.25, 0.3) is 0 Å². The van der Waals surface area contributed by atoms with E-state index in [0.717, 1.165) is 12.0 Å². The van der Waals surface area contributed by atoms with Crippen molar-refractivity contribution in [2.75, 3.05) is 6.54 Å². The predicted molar refractivity (Wildman–Crippen MR) is 73.8 cm³/mol. The number of amides is 1. The lowest BCUT2D eigenvalue weighted by molar-refractivity contribution is -0.118. The number of hydrogen-bond acceptors (Lipinski definition) is 1. The van der Waals surface area contributed by atoms with Gasteiger partial charge in [-0.05, 0) is 24.1 Å². The van der Waals surface area contributed by atoms with Crippen LogP contribution in [-0.2, 0) is 4.79 Å². The van der Waals surface area contributed by atoms with Gasteiger partial charge in [0.05, 0.1) is 15.1 Å². The number of carbonyl (C=O) groups is 1. The van der Waals surface area contributed by atoms with Crippen molar-refractivity contribution in [1.82, 2.24) is 5.32 Å². The number of benzene rings is 1. The smallest absolute Gasteiger partial charge is 0.216 e. The quantitative estimate of drug-likeness (QED) is 0.654. The van der Waals surface area contributed by atoms with E-state index < -0.39 is 0 Å². The van der Waals surface area contributed by atoms with Crippen LogP contribution in [0.5, 0.6) is 0 Å². The highest BCUT2D eigenvalue weighted by Crippen LogP contribution is 2.31. The second-order valence-electron chi connectivity index (χ2n) is 3.47. The molecule has 1 aromatic carbocycles. The van der Waals surface area contributed by atoms with Crippen molar-refractivity contribution in [3.63, 3.8) is 0 Å². The normalized spacial score (nSPS) is 10.8. The van der Waals surface area contributed by atoms with E-state index in [2.05, 4.69) is 5.32 Å². The summed E-state index contributed by atoms with van der Waals surface area (Å²) in [5.74, 6) is -0.0315. The number of carbonyl (C=O) groups excluding carboxylic acids is 1. The van der Waals surface area contributed by atoms with Gasteiger partial charge in [0, 0.05) is 13.5 Å². The maximum Gasteiger partial charge on any atom is 0.216 e. The van der Waals surface area contributed by atoms with Crippen molar-refractivity contribution in [2.24, 2.45) is 0 Å². The standard InChI is InChI=1S/C12H12Cl3NO/c1-8(17)16-5-3-2-4-9-6-10(13)12(15)11(14)7-9/h2,4,6-7H,3,5H2,1H3,(H,16,17). The molecule has 0 saturated heterocycles. The molecular weight excluding hydrogens is 280 g/mol. The Kier molecular flexibility index (Phi) is 5.83. The molecule has 5 heteroatoms. The molecule has 0 radical (unpaired) electrons. The summed E-state index contributed by atoms with van der Waals surface area (Å²) in [5.41, 5.74) is 0.882. The molecule has 92 valence electrons. The van der Waals surface area contributed by atoms with Gasteiger partial charge in [-0.25, -0.2) is 0 Å². The highest BCUT2D eigenvalue weighted by atomic mass is 35.5. The van der Waals surface area contributed by atoms with Crippen LogP contribution in [0.4, 0.5) is 0 Å². The van der Waals surface area contributed by atoms with Crippen LogP contribution in [0, 0.1) is 0 Å². The first-order valence-corrected chi connectivity index (χ1v) is 6.19. The molecule has 2 nitrogen and oxygen atoms in total. The third-order valence-electron chi connectivity index (χ3n) is 2.00. The van der Waals surface area contributed by atoms with Crippen molar-refractivity contribution in [3.8, 4) is 0 Å². The van der Waals surface area contributed by atoms with Crippen LogP contribution in [-0.4, -0.2) is 12.5 Å². The Morgan fingerprint density at radius 1 is 1.29 bits per heavy atom. The molecule has 0 heterocycles. The zero-order valence-electron chi connectivity index (χ0n) is 9.27. The first-order valence-electron chi connectivity index (χ1n) is 5.06. The molecule has 0 atom stereocenters. The minimum atomic E-state index is -0.0315. The fourth-order valence-electron chi connectivity index (χ4n) is 1.22. The lowest BCUT2D eigenvalue weighted by Crippen LogP contribution is -2.20. The maximum atomic E-state index is 10.6. The molecule has 0 aliphatic rings. The lowest BCUT2D eigenvalue weighted by atomic mass is 10.2. The summed E-state index contributed by atoms with van der Waals surface area (Å²) >= 11 is 17.6. The van der Waals surface area contributed by atoms with Crippen LogP contribution >= 0.6 is 34.8 Å². The first-order chi connectivity index (χ1) is 8.00. The molecule has 1 aromatic rings. The van der Waals surface area contributed by atoms with Crippen LogP contribution in [0.1, 0.15) is 18.9 Å². The highest BCUT2D eigenvalue weighted by Gasteiger charge is 2.03. The summed E-state index contributed by atoms with van der Waals surface area (Å²) in [7, 11) is 0. The molecule has 0 bridgehead atoms. The minimum absolute atomic E-state index is 0.0315. The number of nitrogens with one attached hydrogen (secondary N) is 1. The minimum Gasteiger partial charge on any atom is -0.356 e. The third kappa shape index (κ3) is 4.99. The zero-order chi connectivity index (χ0) is 12.8. The van der Waals surface area contributed by atoms with Crippen molar-refractivity contribution < 1.29 is 4.79 Å². The van der Waals surface area contributed by atoms with E-state index in [1.807, 2.05) is 12.2 Å². The van der Waals surface area contributed by atoms with Crippen molar-refractivity contribution in [1.29, 1.82) is 0 Å². The van der Waals surface area contributed by atoms with E-state index in [1.54, 1.807) is 12.1 Å². The second-order valence-corrected chi connectivity index (χ2v) is 4.66. The van der Waals surface area contributed by atoms with Crippen molar-refractivity contribution in [3.05, 3.63) is 38.8 Å². The van der Waals surface area contributed by atoms with E-state index in [0.29, 0.717) is 21.6 Å². The summed E-state index contributed by atoms with van der Waals surface area (Å²) in [6, 6.07) is 3.48. The van der Waals surface area contributed by atoms with Crippen LogP contribution < -0.4 is 5.32 Å². The second kappa shape index (κ2) is 6.90. The molecule has 0 saturated carbocycles. The highest BCUT2D eigenvalue weighted by molar-refractivity contribution is 6.48. The van der Waals surface area contributed by atoms with Crippen LogP contribution in [0.15, 0.2) is 18.2 Å². The van der Waals surface area contributed by atoms with Crippen LogP contribution in [0.2, 0.25) is 15.1 Å². The number of halogens is 3. The molecule has 1 amide bonds. The van der Waals surface area contributed by atoms with Gasteiger partial charge < -0.3 is 5.32 Å². The molecule has 17 heavy (non-hydrogen) atoms. The molecule has 1 rings (SSSR count). The van der Waals surface area contributed by atoms with E-state index in [9.17, 15) is 4.79 Å². The molecule has 0 fully saturated rings. The van der Waals surface area contributed by atoms with Gasteiger partial charge in [-0.3, -0.25) is 4.79 Å². The third-order valence-corrected chi connectivity index (χ3v) is 3.20. The Balaban J connectivity index is 2.57. The van der Waals surface area contributed by atoms with Gasteiger partial charge in [-0.2, -0.15) is 0 Å². The summed E-state index contributed by atoms with van der Waals surface area (Å²) in [6.07, 6.45) is 4.57. The Morgan fingerprint density at radius 2 is 1.88 bits per heavy atom. The maximum absolute atomic E-state index is 10.6. The molecule has 0 aliphatic carbocycles. The van der Waals surface area contributed by atoms with E-state index in [4.69, 9.17) is 34.8 Å². The Bertz CT molecular complexity index is 420. The van der Waals surface area contributed by atoms with Gasteiger partial charge in [0.2, 0.25) is 5.91 Å². The Labute approximate surface area is 116 Å². The summed E-state index contributed by atoms with van der Waals surface area (Å²) in [6.45, 7) is 2.10. The zero-order valence-corrected chi connectivity index (χ0v) is 11.5. The molecule has 0 spiro atoms. The van der Waals surface area contributed by atoms with Crippen molar-refractivity contribution >= 4 is 46.8 Å². The number of hydrogen-bond donors (Lipinski definition) is 1. The van der Waals surface area contributed by atoms with Gasteiger partial charge >= 0.3 is 0 Å². The van der Waals surface area contributed by atoms with E-state index >= 15 is 0 Å². The van der Waals surface area contributed by atoms with Gasteiger partial charge in [0.15, 0.2) is 0 Å². The summed E-state index contributed by atoms with van der Waals surface area (Å²) in [5, 5.41) is 3.93. The Morgan fingerprint density at radius 3 is 2.41 bits per heavy atom. The van der Waals surface area contributed by atoms with Gasteiger partial charge in [-0.15, -0.1) is 0 Å². The SMILES string of the molecule is CC(=O)NCCC=Cc1cc(Cl)c(Cl)c(Cl)c1. The predicted octanol–water partition coefficient (Wildman–Crippen LogP) is 4.19. The van der Waals surface area contributed by atoms with Crippen LogP contribution in [0.25, 0.3) is 6.08 Å². The van der Waals surface area contributed by atoms with Crippen molar-refractivity contribution in [2.45, 2.75) is 13.3 Å². The van der Waals surface area contributed by atoms with Gasteiger partial charge in [-0.1, -0.05) is 47.0 Å². The molecular formula is C12H12Cl3NO.